The quantitative estimate of drug-likeness (QED) is 0.788. The van der Waals surface area contributed by atoms with Crippen LogP contribution in [0.1, 0.15) is 30.5 Å². The smallest absolute Gasteiger partial charge is 0.241 e. The molecule has 0 saturated heterocycles. The molecule has 1 atom stereocenters. The fourth-order valence-electron chi connectivity index (χ4n) is 2.40. The van der Waals surface area contributed by atoms with Crippen molar-refractivity contribution >= 4 is 15.7 Å². The SMILES string of the molecule is COCC(NS(=O)(=O)c1c(C)cc(C)c(N)c1C)C(C)C. The van der Waals surface area contributed by atoms with E-state index in [1.54, 1.807) is 27.0 Å². The Balaban J connectivity index is 3.29. The van der Waals surface area contributed by atoms with Crippen molar-refractivity contribution in [3.05, 3.63) is 22.8 Å². The highest BCUT2D eigenvalue weighted by Crippen LogP contribution is 2.28. The van der Waals surface area contributed by atoms with Crippen molar-refractivity contribution in [2.75, 3.05) is 19.5 Å². The third kappa shape index (κ3) is 3.96. The van der Waals surface area contributed by atoms with Crippen molar-refractivity contribution in [3.8, 4) is 0 Å². The molecule has 0 bridgehead atoms. The molecular formula is C15H26N2O3S. The number of methoxy groups -OCH3 is 1. The van der Waals surface area contributed by atoms with Gasteiger partial charge in [0.25, 0.3) is 0 Å². The Labute approximate surface area is 127 Å². The number of nitrogen functional groups attached to an aromatic ring is 1. The Hall–Kier alpha value is -1.11. The van der Waals surface area contributed by atoms with E-state index in [1.807, 2.05) is 20.8 Å². The second-order valence-electron chi connectivity index (χ2n) is 5.81. The summed E-state index contributed by atoms with van der Waals surface area (Å²) in [5, 5.41) is 0. The van der Waals surface area contributed by atoms with E-state index >= 15 is 0 Å². The summed E-state index contributed by atoms with van der Waals surface area (Å²) >= 11 is 0. The molecule has 1 aromatic carbocycles. The van der Waals surface area contributed by atoms with Gasteiger partial charge in [0.2, 0.25) is 10.0 Å². The van der Waals surface area contributed by atoms with E-state index in [0.29, 0.717) is 23.4 Å². The van der Waals surface area contributed by atoms with Crippen LogP contribution >= 0.6 is 0 Å². The van der Waals surface area contributed by atoms with Gasteiger partial charge in [0.05, 0.1) is 11.5 Å². The zero-order valence-electron chi connectivity index (χ0n) is 13.6. The number of rotatable bonds is 6. The van der Waals surface area contributed by atoms with Gasteiger partial charge in [-0.25, -0.2) is 13.1 Å². The summed E-state index contributed by atoms with van der Waals surface area (Å²) in [5.41, 5.74) is 8.69. The van der Waals surface area contributed by atoms with Gasteiger partial charge < -0.3 is 10.5 Å². The third-order valence-electron chi connectivity index (χ3n) is 3.69. The summed E-state index contributed by atoms with van der Waals surface area (Å²) in [5.74, 6) is 0.128. The molecule has 21 heavy (non-hydrogen) atoms. The maximum absolute atomic E-state index is 12.7. The number of nitrogens with one attached hydrogen (secondary N) is 1. The molecule has 1 rings (SSSR count). The van der Waals surface area contributed by atoms with Gasteiger partial charge in [0.1, 0.15) is 0 Å². The Morgan fingerprint density at radius 2 is 1.81 bits per heavy atom. The minimum atomic E-state index is -3.64. The average molecular weight is 314 g/mol. The van der Waals surface area contributed by atoms with E-state index in [2.05, 4.69) is 4.72 Å². The van der Waals surface area contributed by atoms with Crippen LogP contribution in [0.15, 0.2) is 11.0 Å². The molecule has 0 saturated carbocycles. The lowest BCUT2D eigenvalue weighted by Gasteiger charge is -2.23. The molecule has 0 amide bonds. The minimum Gasteiger partial charge on any atom is -0.398 e. The maximum atomic E-state index is 12.7. The van der Waals surface area contributed by atoms with Gasteiger partial charge >= 0.3 is 0 Å². The normalized spacial score (nSPS) is 13.7. The summed E-state index contributed by atoms with van der Waals surface area (Å²) in [6.45, 7) is 9.64. The molecule has 0 aliphatic rings. The predicted molar refractivity (Wildman–Crippen MR) is 85.9 cm³/mol. The molecule has 6 heteroatoms. The lowest BCUT2D eigenvalue weighted by Crippen LogP contribution is -2.42. The molecule has 120 valence electrons. The largest absolute Gasteiger partial charge is 0.398 e. The fraction of sp³-hybridized carbons (Fsp3) is 0.600. The molecule has 1 aromatic rings. The van der Waals surface area contributed by atoms with Crippen LogP contribution in [-0.2, 0) is 14.8 Å². The van der Waals surface area contributed by atoms with Crippen LogP contribution in [0, 0.1) is 26.7 Å². The first-order valence-electron chi connectivity index (χ1n) is 6.99. The first-order valence-corrected chi connectivity index (χ1v) is 8.47. The van der Waals surface area contributed by atoms with Gasteiger partial charge in [-0.15, -0.1) is 0 Å². The number of aryl methyl sites for hydroxylation is 2. The van der Waals surface area contributed by atoms with Gasteiger partial charge in [-0.3, -0.25) is 0 Å². The zero-order valence-corrected chi connectivity index (χ0v) is 14.5. The van der Waals surface area contributed by atoms with Crippen LogP contribution in [-0.4, -0.2) is 28.2 Å². The van der Waals surface area contributed by atoms with Gasteiger partial charge in [-0.2, -0.15) is 0 Å². The molecule has 0 aliphatic carbocycles. The Kier molecular flexibility index (Phi) is 5.78. The minimum absolute atomic E-state index is 0.128. The Morgan fingerprint density at radius 1 is 1.24 bits per heavy atom. The number of anilines is 1. The van der Waals surface area contributed by atoms with Crippen LogP contribution in [0.5, 0.6) is 0 Å². The van der Waals surface area contributed by atoms with Gasteiger partial charge in [0.15, 0.2) is 0 Å². The number of ether oxygens (including phenoxy) is 1. The van der Waals surface area contributed by atoms with E-state index in [9.17, 15) is 8.42 Å². The molecule has 0 aromatic heterocycles. The summed E-state index contributed by atoms with van der Waals surface area (Å²) in [7, 11) is -2.08. The topological polar surface area (TPSA) is 81.4 Å². The lowest BCUT2D eigenvalue weighted by atomic mass is 10.1. The van der Waals surface area contributed by atoms with Gasteiger partial charge in [0, 0.05) is 18.8 Å². The van der Waals surface area contributed by atoms with E-state index in [1.165, 1.54) is 0 Å². The molecule has 0 radical (unpaired) electrons. The molecule has 3 N–H and O–H groups in total. The van der Waals surface area contributed by atoms with E-state index < -0.39 is 10.0 Å². The van der Waals surface area contributed by atoms with Crippen molar-refractivity contribution in [3.63, 3.8) is 0 Å². The van der Waals surface area contributed by atoms with Crippen LogP contribution in [0.3, 0.4) is 0 Å². The predicted octanol–water partition coefficient (Wildman–Crippen LogP) is 2.14. The van der Waals surface area contributed by atoms with Crippen molar-refractivity contribution in [1.29, 1.82) is 0 Å². The third-order valence-corrected chi connectivity index (χ3v) is 5.47. The van der Waals surface area contributed by atoms with Crippen LogP contribution < -0.4 is 10.5 Å². The molecule has 0 fully saturated rings. The lowest BCUT2D eigenvalue weighted by molar-refractivity contribution is 0.157. The molecule has 0 spiro atoms. The Morgan fingerprint density at radius 3 is 2.29 bits per heavy atom. The van der Waals surface area contributed by atoms with E-state index in [-0.39, 0.29) is 16.9 Å². The Bertz CT molecular complexity index is 610. The number of hydrogen-bond acceptors (Lipinski definition) is 4. The highest BCUT2D eigenvalue weighted by atomic mass is 32.2. The zero-order chi connectivity index (χ0) is 16.4. The first kappa shape index (κ1) is 17.9. The fourth-order valence-corrected chi connectivity index (χ4v) is 4.25. The number of sulfonamides is 1. The molecule has 0 aliphatic heterocycles. The van der Waals surface area contributed by atoms with Crippen LogP contribution in [0.25, 0.3) is 0 Å². The monoisotopic (exact) mass is 314 g/mol. The molecule has 1 unspecified atom stereocenters. The van der Waals surface area contributed by atoms with Crippen molar-refractivity contribution in [2.45, 2.75) is 45.6 Å². The molecular weight excluding hydrogens is 288 g/mol. The number of benzene rings is 1. The van der Waals surface area contributed by atoms with Gasteiger partial charge in [-0.1, -0.05) is 19.9 Å². The second kappa shape index (κ2) is 6.77. The first-order chi connectivity index (χ1) is 9.61. The molecule has 0 heterocycles. The molecule has 5 nitrogen and oxygen atoms in total. The van der Waals surface area contributed by atoms with Crippen molar-refractivity contribution in [1.82, 2.24) is 4.72 Å². The highest BCUT2D eigenvalue weighted by molar-refractivity contribution is 7.89. The summed E-state index contributed by atoms with van der Waals surface area (Å²) < 4.78 is 33.2. The standard InChI is InChI=1S/C15H26N2O3S/c1-9(2)13(8-20-6)17-21(18,19)15-11(4)7-10(3)14(16)12(15)5/h7,9,13,17H,8,16H2,1-6H3. The van der Waals surface area contributed by atoms with E-state index in [4.69, 9.17) is 10.5 Å². The van der Waals surface area contributed by atoms with Crippen molar-refractivity contribution in [2.24, 2.45) is 5.92 Å². The van der Waals surface area contributed by atoms with Crippen LogP contribution in [0.2, 0.25) is 0 Å². The number of hydrogen-bond donors (Lipinski definition) is 2. The maximum Gasteiger partial charge on any atom is 0.241 e. The highest BCUT2D eigenvalue weighted by Gasteiger charge is 2.26. The van der Waals surface area contributed by atoms with Gasteiger partial charge in [-0.05, 0) is 43.4 Å². The van der Waals surface area contributed by atoms with E-state index in [0.717, 1.165) is 5.56 Å². The number of nitrogens with two attached hydrogens (primary N) is 1. The summed E-state index contributed by atoms with van der Waals surface area (Å²) in [6, 6.07) is 1.53. The summed E-state index contributed by atoms with van der Waals surface area (Å²) in [6.07, 6.45) is 0. The van der Waals surface area contributed by atoms with Crippen molar-refractivity contribution < 1.29 is 13.2 Å². The van der Waals surface area contributed by atoms with Crippen LogP contribution in [0.4, 0.5) is 5.69 Å². The second-order valence-corrected chi connectivity index (χ2v) is 7.46. The summed E-state index contributed by atoms with van der Waals surface area (Å²) in [4.78, 5) is 0.271. The average Bonchev–Trinajstić information content (AvgIpc) is 2.34.